The number of nitro groups is 1. The molecule has 4 rings (SSSR count). The number of hydrogen-bond acceptors (Lipinski definition) is 9. The number of ether oxygens (including phenoxy) is 1. The van der Waals surface area contributed by atoms with Crippen molar-refractivity contribution in [1.29, 1.82) is 0 Å². The highest BCUT2D eigenvalue weighted by Crippen LogP contribution is 2.34. The Bertz CT molecular complexity index is 1210. The highest BCUT2D eigenvalue weighted by molar-refractivity contribution is 7.99. The maximum atomic E-state index is 13.0. The molecular weight excluding hydrogens is 496 g/mol. The summed E-state index contributed by atoms with van der Waals surface area (Å²) in [6.07, 6.45) is 0.924. The minimum absolute atomic E-state index is 0.0405. The molecule has 0 spiro atoms. The number of carbonyl (C=O) groups is 1. The summed E-state index contributed by atoms with van der Waals surface area (Å²) in [7, 11) is -4.16. The molecule has 1 atom stereocenters. The summed E-state index contributed by atoms with van der Waals surface area (Å²) in [5.41, 5.74) is -0.593. The molecule has 2 aliphatic heterocycles. The van der Waals surface area contributed by atoms with Crippen LogP contribution in [-0.2, 0) is 14.8 Å². The first kappa shape index (κ1) is 25.2. The van der Waals surface area contributed by atoms with Crippen molar-refractivity contribution in [2.24, 2.45) is 0 Å². The number of morpholine rings is 1. The van der Waals surface area contributed by atoms with Crippen molar-refractivity contribution in [1.82, 2.24) is 10.2 Å². The summed E-state index contributed by atoms with van der Waals surface area (Å²) in [5, 5.41) is 24.2. The fourth-order valence-electron chi connectivity index (χ4n) is 4.23. The Morgan fingerprint density at radius 2 is 2.00 bits per heavy atom. The number of thioether (sulfide) groups is 1. The summed E-state index contributed by atoms with van der Waals surface area (Å²) in [5.74, 6) is 1.06. The lowest BCUT2D eigenvalue weighted by molar-refractivity contribution is -0.385. The van der Waals surface area contributed by atoms with Gasteiger partial charge in [0.15, 0.2) is 0 Å². The van der Waals surface area contributed by atoms with E-state index in [9.17, 15) is 28.4 Å². The Morgan fingerprint density at radius 1 is 1.23 bits per heavy atom. The largest absolute Gasteiger partial charge is 0.507 e. The number of non-ortho nitro benzene ring substituents is 1. The number of phenolic OH excluding ortho intramolecular Hbond substituents is 1. The molecule has 0 radical (unpaired) electrons. The number of nitro benzene ring substituents is 1. The van der Waals surface area contributed by atoms with Crippen LogP contribution in [-0.4, -0.2) is 79.1 Å². The van der Waals surface area contributed by atoms with Gasteiger partial charge in [-0.2, -0.15) is 11.8 Å². The van der Waals surface area contributed by atoms with Gasteiger partial charge < -0.3 is 15.2 Å². The zero-order valence-electron chi connectivity index (χ0n) is 18.8. The van der Waals surface area contributed by atoms with Gasteiger partial charge in [0.1, 0.15) is 5.75 Å². The highest BCUT2D eigenvalue weighted by Gasteiger charge is 2.41. The molecule has 3 N–H and O–H groups in total. The average Bonchev–Trinajstić information content (AvgIpc) is 3.34. The lowest BCUT2D eigenvalue weighted by Crippen LogP contribution is -2.59. The second-order valence-electron chi connectivity index (χ2n) is 8.40. The van der Waals surface area contributed by atoms with Crippen molar-refractivity contribution in [3.8, 4) is 5.75 Å². The zero-order chi connectivity index (χ0) is 25.1. The maximum Gasteiger partial charge on any atom is 0.270 e. The third kappa shape index (κ3) is 5.69. The molecule has 13 heteroatoms. The molecule has 2 saturated heterocycles. The maximum absolute atomic E-state index is 13.0. The van der Waals surface area contributed by atoms with Gasteiger partial charge in [0.25, 0.3) is 21.6 Å². The molecule has 2 aliphatic rings. The van der Waals surface area contributed by atoms with Crippen molar-refractivity contribution < 1.29 is 28.0 Å². The first-order chi connectivity index (χ1) is 16.7. The van der Waals surface area contributed by atoms with Crippen LogP contribution < -0.4 is 10.0 Å². The molecule has 11 nitrogen and oxygen atoms in total. The van der Waals surface area contributed by atoms with Crippen molar-refractivity contribution in [3.63, 3.8) is 0 Å². The smallest absolute Gasteiger partial charge is 0.270 e. The molecule has 0 aromatic heterocycles. The van der Waals surface area contributed by atoms with Gasteiger partial charge in [0, 0.05) is 48.7 Å². The van der Waals surface area contributed by atoms with Crippen LogP contribution in [0.1, 0.15) is 16.8 Å². The molecule has 188 valence electrons. The Hall–Kier alpha value is -2.87. The minimum Gasteiger partial charge on any atom is -0.507 e. The van der Waals surface area contributed by atoms with Gasteiger partial charge in [-0.1, -0.05) is 6.07 Å². The summed E-state index contributed by atoms with van der Waals surface area (Å²) in [6, 6.07) is 8.41. The number of nitrogens with one attached hydrogen (secondary N) is 2. The molecule has 0 saturated carbocycles. The average molecular weight is 523 g/mol. The first-order valence-corrected chi connectivity index (χ1v) is 13.6. The number of aromatic hydroxyl groups is 1. The number of nitrogens with zero attached hydrogens (tertiary/aromatic N) is 2. The van der Waals surface area contributed by atoms with Gasteiger partial charge in [0.05, 0.1) is 28.6 Å². The molecule has 0 aliphatic carbocycles. The SMILES string of the molecule is O=C(NCC1(N2CCOCC2)CCSC1)c1cc(NS(=O)(=O)c2cccc([N+](=O)[O-])c2)ccc1O. The number of rotatable bonds is 8. The molecule has 1 amide bonds. The second-order valence-corrected chi connectivity index (χ2v) is 11.2. The van der Waals surface area contributed by atoms with Crippen LogP contribution in [0.5, 0.6) is 5.75 Å². The molecule has 2 heterocycles. The zero-order valence-corrected chi connectivity index (χ0v) is 20.4. The van der Waals surface area contributed by atoms with Crippen LogP contribution >= 0.6 is 11.8 Å². The van der Waals surface area contributed by atoms with E-state index in [1.165, 1.54) is 36.4 Å². The van der Waals surface area contributed by atoms with Crippen LogP contribution in [0.2, 0.25) is 0 Å². The topological polar surface area (TPSA) is 151 Å². The Morgan fingerprint density at radius 3 is 2.69 bits per heavy atom. The quantitative estimate of drug-likeness (QED) is 0.269. The molecule has 2 aromatic rings. The fourth-order valence-corrected chi connectivity index (χ4v) is 6.80. The summed E-state index contributed by atoms with van der Waals surface area (Å²) in [4.78, 5) is 25.3. The molecular formula is C22H26N4O7S2. The normalized spacial score (nSPS) is 20.9. The lowest BCUT2D eigenvalue weighted by Gasteiger charge is -2.43. The standard InChI is InChI=1S/C22H26N4O7S2/c27-20-5-4-16(24-35(31,32)18-3-1-2-17(13-18)26(29)30)12-19(20)21(28)23-14-22(6-11-34-15-22)25-7-9-33-10-8-25/h1-5,12-13,24,27H,6-11,14-15H2,(H,23,28). The number of phenols is 1. The van der Waals surface area contributed by atoms with Gasteiger partial charge in [-0.3, -0.25) is 24.5 Å². The van der Waals surface area contributed by atoms with Gasteiger partial charge in [0.2, 0.25) is 0 Å². The molecule has 2 aromatic carbocycles. The Kier molecular flexibility index (Phi) is 7.50. The van der Waals surface area contributed by atoms with Crippen LogP contribution in [0, 0.1) is 10.1 Å². The van der Waals surface area contributed by atoms with E-state index in [1.807, 2.05) is 11.8 Å². The van der Waals surface area contributed by atoms with E-state index in [2.05, 4.69) is 14.9 Å². The number of anilines is 1. The summed E-state index contributed by atoms with van der Waals surface area (Å²) >= 11 is 1.83. The van der Waals surface area contributed by atoms with Crippen molar-refractivity contribution in [3.05, 3.63) is 58.1 Å². The summed E-state index contributed by atoms with van der Waals surface area (Å²) < 4.78 is 33.3. The fraction of sp³-hybridized carbons (Fsp3) is 0.409. The molecule has 35 heavy (non-hydrogen) atoms. The molecule has 1 unspecified atom stereocenters. The van der Waals surface area contributed by atoms with Gasteiger partial charge in [-0.25, -0.2) is 8.42 Å². The van der Waals surface area contributed by atoms with E-state index in [-0.39, 0.29) is 33.1 Å². The monoisotopic (exact) mass is 522 g/mol. The Labute approximate surface area is 207 Å². The molecule has 2 fully saturated rings. The van der Waals surface area contributed by atoms with Gasteiger partial charge in [-0.15, -0.1) is 0 Å². The van der Waals surface area contributed by atoms with Crippen molar-refractivity contribution >= 4 is 39.1 Å². The molecule has 0 bridgehead atoms. The predicted molar refractivity (Wildman–Crippen MR) is 131 cm³/mol. The number of amides is 1. The number of carbonyl (C=O) groups excluding carboxylic acids is 1. The Balaban J connectivity index is 1.49. The van der Waals surface area contributed by atoms with E-state index >= 15 is 0 Å². The van der Waals surface area contributed by atoms with Crippen LogP contribution in [0.25, 0.3) is 0 Å². The number of sulfonamides is 1. The minimum atomic E-state index is -4.16. The third-order valence-corrected chi connectivity index (χ3v) is 8.79. The van der Waals surface area contributed by atoms with Crippen LogP contribution in [0.3, 0.4) is 0 Å². The van der Waals surface area contributed by atoms with Gasteiger partial charge in [-0.05, 0) is 36.4 Å². The third-order valence-electron chi connectivity index (χ3n) is 6.17. The van der Waals surface area contributed by atoms with Crippen LogP contribution in [0.15, 0.2) is 47.4 Å². The van der Waals surface area contributed by atoms with E-state index < -0.39 is 20.9 Å². The predicted octanol–water partition coefficient (Wildman–Crippen LogP) is 2.04. The van der Waals surface area contributed by atoms with E-state index in [0.717, 1.165) is 37.1 Å². The lowest BCUT2D eigenvalue weighted by atomic mass is 9.95. The number of hydrogen-bond donors (Lipinski definition) is 3. The van der Waals surface area contributed by atoms with E-state index in [4.69, 9.17) is 4.74 Å². The van der Waals surface area contributed by atoms with Crippen molar-refractivity contribution in [2.75, 3.05) is 49.1 Å². The van der Waals surface area contributed by atoms with E-state index in [1.54, 1.807) is 0 Å². The van der Waals surface area contributed by atoms with Crippen molar-refractivity contribution in [2.45, 2.75) is 16.9 Å². The second kappa shape index (κ2) is 10.4. The highest BCUT2D eigenvalue weighted by atomic mass is 32.2. The van der Waals surface area contributed by atoms with E-state index in [0.29, 0.717) is 19.8 Å². The first-order valence-electron chi connectivity index (χ1n) is 11.0. The number of benzene rings is 2. The van der Waals surface area contributed by atoms with Crippen LogP contribution in [0.4, 0.5) is 11.4 Å². The summed E-state index contributed by atoms with van der Waals surface area (Å²) in [6.45, 7) is 3.26. The van der Waals surface area contributed by atoms with Gasteiger partial charge >= 0.3 is 0 Å².